The molecule has 0 radical (unpaired) electrons. The number of carbonyl (C=O) groups is 1. The fraction of sp³-hybridized carbons (Fsp3) is 0.471. The molecule has 4 nitrogen and oxygen atoms in total. The number of hydrogen-bond donors (Lipinski definition) is 1. The number of hydrogen-bond acceptors (Lipinski definition) is 3. The maximum Gasteiger partial charge on any atom is 0.246 e. The zero-order chi connectivity index (χ0) is 15.1. The van der Waals surface area contributed by atoms with Crippen molar-refractivity contribution in [1.82, 2.24) is 10.2 Å². The summed E-state index contributed by atoms with van der Waals surface area (Å²) in [6.07, 6.45) is 5.70. The van der Waals surface area contributed by atoms with Crippen LogP contribution in [0.25, 0.3) is 6.08 Å². The molecule has 0 spiro atoms. The maximum absolute atomic E-state index is 12.2. The van der Waals surface area contributed by atoms with Crippen LogP contribution in [-0.4, -0.2) is 44.6 Å². The highest BCUT2D eigenvalue weighted by Gasteiger charge is 2.20. The Labute approximate surface area is 126 Å². The van der Waals surface area contributed by atoms with E-state index < -0.39 is 0 Å². The molecule has 1 aromatic rings. The standard InChI is InChI=1S/C17H24N2O2/c1-18-13-15-9-11-19(12-10-15)17(20)8-5-14-3-6-16(21-2)7-4-14/h3-8,15,18H,9-13H2,1-2H3. The van der Waals surface area contributed by atoms with Gasteiger partial charge < -0.3 is 15.0 Å². The van der Waals surface area contributed by atoms with Crippen molar-refractivity contribution < 1.29 is 9.53 Å². The SMILES string of the molecule is CNCC1CCN(C(=O)C=Cc2ccc(OC)cc2)CC1. The van der Waals surface area contributed by atoms with Crippen LogP contribution in [0.1, 0.15) is 18.4 Å². The number of nitrogens with one attached hydrogen (secondary N) is 1. The van der Waals surface area contributed by atoms with Crippen LogP contribution in [0.15, 0.2) is 30.3 Å². The topological polar surface area (TPSA) is 41.6 Å². The molecule has 2 rings (SSSR count). The second kappa shape index (κ2) is 7.84. The summed E-state index contributed by atoms with van der Waals surface area (Å²) in [4.78, 5) is 14.1. The van der Waals surface area contributed by atoms with Crippen LogP contribution in [0.4, 0.5) is 0 Å². The molecule has 1 N–H and O–H groups in total. The predicted molar refractivity (Wildman–Crippen MR) is 85.3 cm³/mol. The quantitative estimate of drug-likeness (QED) is 0.844. The summed E-state index contributed by atoms with van der Waals surface area (Å²) in [5.41, 5.74) is 1.01. The molecule has 1 aliphatic heterocycles. The maximum atomic E-state index is 12.2. The average Bonchev–Trinajstić information content (AvgIpc) is 2.54. The van der Waals surface area contributed by atoms with Gasteiger partial charge in [-0.2, -0.15) is 0 Å². The first kappa shape index (κ1) is 15.6. The summed E-state index contributed by atoms with van der Waals surface area (Å²) in [7, 11) is 3.63. The molecule has 0 bridgehead atoms. The zero-order valence-corrected chi connectivity index (χ0v) is 12.8. The van der Waals surface area contributed by atoms with E-state index in [1.165, 1.54) is 0 Å². The average molecular weight is 288 g/mol. The highest BCUT2D eigenvalue weighted by molar-refractivity contribution is 5.91. The Morgan fingerprint density at radius 1 is 1.33 bits per heavy atom. The van der Waals surface area contributed by atoms with Gasteiger partial charge in [0, 0.05) is 19.2 Å². The molecule has 0 saturated carbocycles. The number of piperidine rings is 1. The fourth-order valence-corrected chi connectivity index (χ4v) is 2.63. The van der Waals surface area contributed by atoms with Gasteiger partial charge in [0.25, 0.3) is 0 Å². The number of nitrogens with zero attached hydrogens (tertiary/aromatic N) is 1. The Morgan fingerprint density at radius 2 is 2.00 bits per heavy atom. The molecular weight excluding hydrogens is 264 g/mol. The highest BCUT2D eigenvalue weighted by atomic mass is 16.5. The van der Waals surface area contributed by atoms with Gasteiger partial charge in [-0.3, -0.25) is 4.79 Å². The minimum absolute atomic E-state index is 0.105. The largest absolute Gasteiger partial charge is 0.497 e. The van der Waals surface area contributed by atoms with Crippen LogP contribution in [0, 0.1) is 5.92 Å². The van der Waals surface area contributed by atoms with Crippen molar-refractivity contribution in [1.29, 1.82) is 0 Å². The third-order valence-electron chi connectivity index (χ3n) is 3.95. The van der Waals surface area contributed by atoms with Crippen molar-refractivity contribution >= 4 is 12.0 Å². The summed E-state index contributed by atoms with van der Waals surface area (Å²) in [6, 6.07) is 7.68. The highest BCUT2D eigenvalue weighted by Crippen LogP contribution is 2.17. The summed E-state index contributed by atoms with van der Waals surface area (Å²) in [5, 5.41) is 3.21. The minimum atomic E-state index is 0.105. The van der Waals surface area contributed by atoms with E-state index in [1.54, 1.807) is 13.2 Å². The third kappa shape index (κ3) is 4.60. The number of methoxy groups -OCH3 is 1. The summed E-state index contributed by atoms with van der Waals surface area (Å²) < 4.78 is 5.12. The van der Waals surface area contributed by atoms with Gasteiger partial charge in [0.15, 0.2) is 0 Å². The first-order valence-electron chi connectivity index (χ1n) is 7.48. The molecule has 1 amide bonds. The first-order valence-corrected chi connectivity index (χ1v) is 7.48. The van der Waals surface area contributed by atoms with Crippen molar-refractivity contribution in [3.05, 3.63) is 35.9 Å². The monoisotopic (exact) mass is 288 g/mol. The van der Waals surface area contributed by atoms with E-state index in [9.17, 15) is 4.79 Å². The van der Waals surface area contributed by atoms with E-state index in [1.807, 2.05) is 42.3 Å². The molecular formula is C17H24N2O2. The number of amides is 1. The van der Waals surface area contributed by atoms with E-state index in [2.05, 4.69) is 5.32 Å². The van der Waals surface area contributed by atoms with Crippen LogP contribution in [0.2, 0.25) is 0 Å². The molecule has 114 valence electrons. The van der Waals surface area contributed by atoms with Gasteiger partial charge >= 0.3 is 0 Å². The first-order chi connectivity index (χ1) is 10.2. The minimum Gasteiger partial charge on any atom is -0.497 e. The fourth-order valence-electron chi connectivity index (χ4n) is 2.63. The van der Waals surface area contributed by atoms with Gasteiger partial charge in [-0.1, -0.05) is 12.1 Å². The molecule has 1 saturated heterocycles. The molecule has 0 atom stereocenters. The third-order valence-corrected chi connectivity index (χ3v) is 3.95. The van der Waals surface area contributed by atoms with E-state index >= 15 is 0 Å². The Balaban J connectivity index is 1.85. The Hall–Kier alpha value is -1.81. The molecule has 4 heteroatoms. The summed E-state index contributed by atoms with van der Waals surface area (Å²) in [6.45, 7) is 2.76. The second-order valence-electron chi connectivity index (χ2n) is 5.43. The van der Waals surface area contributed by atoms with Crippen LogP contribution < -0.4 is 10.1 Å². The summed E-state index contributed by atoms with van der Waals surface area (Å²) in [5.74, 6) is 1.63. The van der Waals surface area contributed by atoms with E-state index in [0.29, 0.717) is 5.92 Å². The normalized spacial score (nSPS) is 16.4. The smallest absolute Gasteiger partial charge is 0.246 e. The van der Waals surface area contributed by atoms with Crippen molar-refractivity contribution in [3.8, 4) is 5.75 Å². The van der Waals surface area contributed by atoms with Crippen molar-refractivity contribution in [2.24, 2.45) is 5.92 Å². The van der Waals surface area contributed by atoms with E-state index in [-0.39, 0.29) is 5.91 Å². The molecule has 1 aliphatic rings. The van der Waals surface area contributed by atoms with Crippen molar-refractivity contribution in [3.63, 3.8) is 0 Å². The number of rotatable bonds is 5. The van der Waals surface area contributed by atoms with Gasteiger partial charge in [-0.25, -0.2) is 0 Å². The van der Waals surface area contributed by atoms with Crippen LogP contribution >= 0.6 is 0 Å². The van der Waals surface area contributed by atoms with Gasteiger partial charge in [-0.15, -0.1) is 0 Å². The van der Waals surface area contributed by atoms with Gasteiger partial charge in [0.2, 0.25) is 5.91 Å². The van der Waals surface area contributed by atoms with Gasteiger partial charge in [0.05, 0.1) is 7.11 Å². The lowest BCUT2D eigenvalue weighted by molar-refractivity contribution is -0.127. The lowest BCUT2D eigenvalue weighted by Gasteiger charge is -2.31. The Bertz CT molecular complexity index is 474. The lowest BCUT2D eigenvalue weighted by atomic mass is 9.97. The van der Waals surface area contributed by atoms with Gasteiger partial charge in [-0.05, 0) is 56.1 Å². The summed E-state index contributed by atoms with van der Waals surface area (Å²) >= 11 is 0. The molecule has 1 heterocycles. The van der Waals surface area contributed by atoms with Crippen LogP contribution in [0.5, 0.6) is 5.75 Å². The molecule has 1 fully saturated rings. The van der Waals surface area contributed by atoms with E-state index in [0.717, 1.165) is 43.8 Å². The number of carbonyl (C=O) groups excluding carboxylic acids is 1. The lowest BCUT2D eigenvalue weighted by Crippen LogP contribution is -2.39. The number of likely N-dealkylation sites (tertiary alicyclic amines) is 1. The molecule has 21 heavy (non-hydrogen) atoms. The van der Waals surface area contributed by atoms with Crippen molar-refractivity contribution in [2.45, 2.75) is 12.8 Å². The molecule has 0 unspecified atom stereocenters. The molecule has 0 aromatic heterocycles. The predicted octanol–water partition coefficient (Wildman–Crippen LogP) is 2.17. The zero-order valence-electron chi connectivity index (χ0n) is 12.8. The second-order valence-corrected chi connectivity index (χ2v) is 5.43. The molecule has 0 aliphatic carbocycles. The van der Waals surface area contributed by atoms with E-state index in [4.69, 9.17) is 4.74 Å². The van der Waals surface area contributed by atoms with Crippen LogP contribution in [0.3, 0.4) is 0 Å². The number of benzene rings is 1. The Kier molecular flexibility index (Phi) is 5.81. The van der Waals surface area contributed by atoms with Gasteiger partial charge in [0.1, 0.15) is 5.75 Å². The van der Waals surface area contributed by atoms with Crippen LogP contribution in [-0.2, 0) is 4.79 Å². The Morgan fingerprint density at radius 3 is 2.57 bits per heavy atom. The van der Waals surface area contributed by atoms with Crippen molar-refractivity contribution in [2.75, 3.05) is 33.8 Å². The molecule has 1 aromatic carbocycles. The number of ether oxygens (including phenoxy) is 1.